The maximum absolute atomic E-state index is 9.18. The van der Waals surface area contributed by atoms with Crippen LogP contribution >= 0.6 is 0 Å². The van der Waals surface area contributed by atoms with E-state index in [0.717, 1.165) is 31.9 Å². The zero-order chi connectivity index (χ0) is 13.8. The van der Waals surface area contributed by atoms with Gasteiger partial charge in [-0.15, -0.1) is 0 Å². The van der Waals surface area contributed by atoms with Crippen LogP contribution in [0.15, 0.2) is 31.0 Å². The van der Waals surface area contributed by atoms with E-state index in [1.807, 2.05) is 10.7 Å². The molecule has 20 heavy (non-hydrogen) atoms. The molecule has 0 bridgehead atoms. The smallest absolute Gasteiger partial charge is 0.146 e. The summed E-state index contributed by atoms with van der Waals surface area (Å²) in [4.78, 5) is 10.6. The molecule has 1 aliphatic heterocycles. The number of hydrogen-bond acceptors (Lipinski definition) is 5. The molecule has 1 saturated heterocycles. The Hall–Kier alpha value is -2.42. The molecular formula is C14H16N6. The molecule has 0 aromatic carbocycles. The second kappa shape index (κ2) is 5.70. The Morgan fingerprint density at radius 3 is 3.20 bits per heavy atom. The number of aromatic nitrogens is 4. The van der Waals surface area contributed by atoms with Crippen LogP contribution in [0.5, 0.6) is 0 Å². The molecule has 0 aliphatic carbocycles. The van der Waals surface area contributed by atoms with Crippen LogP contribution in [0.2, 0.25) is 0 Å². The van der Waals surface area contributed by atoms with Crippen molar-refractivity contribution in [3.05, 3.63) is 36.5 Å². The lowest BCUT2D eigenvalue weighted by Crippen LogP contribution is -2.38. The first-order valence-corrected chi connectivity index (χ1v) is 6.79. The van der Waals surface area contributed by atoms with Crippen LogP contribution in [0.4, 0.5) is 5.82 Å². The van der Waals surface area contributed by atoms with Crippen LogP contribution in [-0.2, 0) is 6.54 Å². The minimum absolute atomic E-state index is 0.513. The van der Waals surface area contributed by atoms with Crippen LogP contribution in [0.1, 0.15) is 18.4 Å². The lowest BCUT2D eigenvalue weighted by Gasteiger charge is -2.33. The fourth-order valence-corrected chi connectivity index (χ4v) is 2.73. The lowest BCUT2D eigenvalue weighted by atomic mass is 9.97. The van der Waals surface area contributed by atoms with Crippen molar-refractivity contribution in [1.82, 2.24) is 19.7 Å². The van der Waals surface area contributed by atoms with Gasteiger partial charge in [-0.2, -0.15) is 10.4 Å². The SMILES string of the molecule is N#Cc1cccnc1N1CCC[C@@H](Cn2cncn2)C1. The highest BCUT2D eigenvalue weighted by Crippen LogP contribution is 2.24. The molecule has 6 nitrogen and oxygen atoms in total. The first kappa shape index (κ1) is 12.6. The van der Waals surface area contributed by atoms with Crippen LogP contribution in [-0.4, -0.2) is 32.8 Å². The molecule has 0 unspecified atom stereocenters. The summed E-state index contributed by atoms with van der Waals surface area (Å²) in [6, 6.07) is 5.85. The van der Waals surface area contributed by atoms with Gasteiger partial charge in [-0.3, -0.25) is 4.68 Å². The van der Waals surface area contributed by atoms with Crippen molar-refractivity contribution < 1.29 is 0 Å². The van der Waals surface area contributed by atoms with Crippen molar-refractivity contribution in [1.29, 1.82) is 5.26 Å². The lowest BCUT2D eigenvalue weighted by molar-refractivity contribution is 0.350. The molecule has 0 spiro atoms. The third kappa shape index (κ3) is 2.62. The Kier molecular flexibility index (Phi) is 3.59. The molecule has 1 fully saturated rings. The van der Waals surface area contributed by atoms with Crippen LogP contribution in [0.25, 0.3) is 0 Å². The van der Waals surface area contributed by atoms with Crippen LogP contribution in [0.3, 0.4) is 0 Å². The minimum Gasteiger partial charge on any atom is -0.355 e. The van der Waals surface area contributed by atoms with Gasteiger partial charge in [0.2, 0.25) is 0 Å². The average Bonchev–Trinajstić information content (AvgIpc) is 3.00. The fraction of sp³-hybridized carbons (Fsp3) is 0.429. The minimum atomic E-state index is 0.513. The zero-order valence-electron chi connectivity index (χ0n) is 11.2. The van der Waals surface area contributed by atoms with E-state index < -0.39 is 0 Å². The van der Waals surface area contributed by atoms with E-state index in [4.69, 9.17) is 0 Å². The van der Waals surface area contributed by atoms with Gasteiger partial charge in [-0.25, -0.2) is 9.97 Å². The maximum Gasteiger partial charge on any atom is 0.146 e. The van der Waals surface area contributed by atoms with Crippen molar-refractivity contribution in [2.45, 2.75) is 19.4 Å². The number of rotatable bonds is 3. The Labute approximate surface area is 117 Å². The highest BCUT2D eigenvalue weighted by atomic mass is 15.3. The van der Waals surface area contributed by atoms with E-state index in [0.29, 0.717) is 11.5 Å². The second-order valence-corrected chi connectivity index (χ2v) is 5.06. The van der Waals surface area contributed by atoms with Crippen molar-refractivity contribution in [2.75, 3.05) is 18.0 Å². The van der Waals surface area contributed by atoms with Crippen LogP contribution in [0, 0.1) is 17.2 Å². The highest BCUT2D eigenvalue weighted by molar-refractivity contribution is 5.53. The van der Waals surface area contributed by atoms with Crippen molar-refractivity contribution in [3.8, 4) is 6.07 Å². The third-order valence-corrected chi connectivity index (χ3v) is 3.64. The normalized spacial score (nSPS) is 18.8. The van der Waals surface area contributed by atoms with Gasteiger partial charge >= 0.3 is 0 Å². The Bertz CT molecular complexity index is 600. The maximum atomic E-state index is 9.18. The summed E-state index contributed by atoms with van der Waals surface area (Å²) in [6.45, 7) is 2.73. The van der Waals surface area contributed by atoms with Gasteiger partial charge in [0.1, 0.15) is 24.5 Å². The summed E-state index contributed by atoms with van der Waals surface area (Å²) in [5.41, 5.74) is 0.647. The number of piperidine rings is 1. The molecule has 0 amide bonds. The summed E-state index contributed by atoms with van der Waals surface area (Å²) < 4.78 is 1.87. The average molecular weight is 268 g/mol. The number of nitrogens with zero attached hydrogens (tertiary/aromatic N) is 6. The first-order chi connectivity index (χ1) is 9.86. The van der Waals surface area contributed by atoms with Crippen LogP contribution < -0.4 is 4.90 Å². The molecule has 0 saturated carbocycles. The summed E-state index contributed by atoms with van der Waals surface area (Å²) in [5.74, 6) is 1.32. The molecular weight excluding hydrogens is 252 g/mol. The second-order valence-electron chi connectivity index (χ2n) is 5.06. The molecule has 3 rings (SSSR count). The molecule has 1 aliphatic rings. The number of pyridine rings is 1. The Morgan fingerprint density at radius 2 is 2.40 bits per heavy atom. The summed E-state index contributed by atoms with van der Waals surface area (Å²) in [6.07, 6.45) is 7.34. The van der Waals surface area contributed by atoms with E-state index in [1.54, 1.807) is 24.9 Å². The third-order valence-electron chi connectivity index (χ3n) is 3.64. The molecule has 0 radical (unpaired) electrons. The first-order valence-electron chi connectivity index (χ1n) is 6.79. The van der Waals surface area contributed by atoms with Gasteiger partial charge in [0.15, 0.2) is 0 Å². The van der Waals surface area contributed by atoms with Gasteiger partial charge in [0.25, 0.3) is 0 Å². The standard InChI is InChI=1S/C14H16N6/c15-7-13-4-1-5-17-14(13)19-6-2-3-12(8-19)9-20-11-16-10-18-20/h1,4-5,10-12H,2-3,6,8-9H2/t12-/m1/s1. The van der Waals surface area contributed by atoms with E-state index in [1.165, 1.54) is 6.42 Å². The van der Waals surface area contributed by atoms with E-state index in [-0.39, 0.29) is 0 Å². The largest absolute Gasteiger partial charge is 0.355 e. The van der Waals surface area contributed by atoms with Gasteiger partial charge in [-0.05, 0) is 30.9 Å². The van der Waals surface area contributed by atoms with Gasteiger partial charge in [-0.1, -0.05) is 0 Å². The van der Waals surface area contributed by atoms with E-state index >= 15 is 0 Å². The summed E-state index contributed by atoms with van der Waals surface area (Å²) in [5, 5.41) is 13.3. The number of hydrogen-bond donors (Lipinski definition) is 0. The summed E-state index contributed by atoms with van der Waals surface area (Å²) >= 11 is 0. The molecule has 0 N–H and O–H groups in total. The fourth-order valence-electron chi connectivity index (χ4n) is 2.73. The monoisotopic (exact) mass is 268 g/mol. The summed E-state index contributed by atoms with van der Waals surface area (Å²) in [7, 11) is 0. The topological polar surface area (TPSA) is 70.6 Å². The van der Waals surface area contributed by atoms with E-state index in [2.05, 4.69) is 26.0 Å². The molecule has 2 aromatic heterocycles. The molecule has 2 aromatic rings. The quantitative estimate of drug-likeness (QED) is 0.842. The Morgan fingerprint density at radius 1 is 1.45 bits per heavy atom. The zero-order valence-corrected chi connectivity index (χ0v) is 11.2. The molecule has 102 valence electrons. The predicted molar refractivity (Wildman–Crippen MR) is 73.9 cm³/mol. The van der Waals surface area contributed by atoms with Crippen molar-refractivity contribution in [3.63, 3.8) is 0 Å². The van der Waals surface area contributed by atoms with Gasteiger partial charge in [0.05, 0.1) is 5.56 Å². The number of nitriles is 1. The molecule has 6 heteroatoms. The van der Waals surface area contributed by atoms with E-state index in [9.17, 15) is 5.26 Å². The Balaban J connectivity index is 1.73. The van der Waals surface area contributed by atoms with Gasteiger partial charge in [0, 0.05) is 25.8 Å². The molecule has 1 atom stereocenters. The highest BCUT2D eigenvalue weighted by Gasteiger charge is 2.23. The van der Waals surface area contributed by atoms with Crippen molar-refractivity contribution >= 4 is 5.82 Å². The molecule has 3 heterocycles. The van der Waals surface area contributed by atoms with Crippen molar-refractivity contribution in [2.24, 2.45) is 5.92 Å². The van der Waals surface area contributed by atoms with Gasteiger partial charge < -0.3 is 4.90 Å². The predicted octanol–water partition coefficient (Wildman–Crippen LogP) is 1.46. The number of anilines is 1.